The summed E-state index contributed by atoms with van der Waals surface area (Å²) in [6.07, 6.45) is 7.97. The van der Waals surface area contributed by atoms with Crippen molar-refractivity contribution in [3.63, 3.8) is 0 Å². The third kappa shape index (κ3) is 3.54. The molecule has 0 aliphatic carbocycles. The van der Waals surface area contributed by atoms with Crippen molar-refractivity contribution in [2.75, 3.05) is 19.8 Å². The van der Waals surface area contributed by atoms with E-state index >= 15 is 0 Å². The Hall–Kier alpha value is -0.940. The van der Waals surface area contributed by atoms with Crippen molar-refractivity contribution in [3.05, 3.63) is 11.7 Å². The van der Waals surface area contributed by atoms with Gasteiger partial charge >= 0.3 is 0 Å². The van der Waals surface area contributed by atoms with Gasteiger partial charge in [0.25, 0.3) is 0 Å². The zero-order chi connectivity index (χ0) is 12.9. The molecular weight excluding hydrogens is 242 g/mol. The Kier molecular flexibility index (Phi) is 4.45. The molecule has 2 aliphatic heterocycles. The van der Waals surface area contributed by atoms with Gasteiger partial charge < -0.3 is 14.6 Å². The minimum Gasteiger partial charge on any atom is -0.381 e. The van der Waals surface area contributed by atoms with E-state index in [1.165, 1.54) is 19.3 Å². The van der Waals surface area contributed by atoms with Crippen molar-refractivity contribution in [3.8, 4) is 0 Å². The molecule has 0 spiro atoms. The Morgan fingerprint density at radius 2 is 2.05 bits per heavy atom. The van der Waals surface area contributed by atoms with E-state index in [1.807, 2.05) is 0 Å². The standard InChI is InChI=1S/C14H23N3O2/c1-2-8-15-12(3-1)4-5-13-16-14(17-19-13)11-6-9-18-10-7-11/h11-12,15H,1-10H2. The average molecular weight is 265 g/mol. The predicted molar refractivity (Wildman–Crippen MR) is 71.1 cm³/mol. The summed E-state index contributed by atoms with van der Waals surface area (Å²) in [4.78, 5) is 4.56. The molecule has 3 rings (SSSR count). The van der Waals surface area contributed by atoms with Gasteiger partial charge in [-0.15, -0.1) is 0 Å². The van der Waals surface area contributed by atoms with Crippen LogP contribution in [0.4, 0.5) is 0 Å². The zero-order valence-electron chi connectivity index (χ0n) is 11.4. The van der Waals surface area contributed by atoms with Crippen molar-refractivity contribution in [1.29, 1.82) is 0 Å². The molecule has 1 aromatic heterocycles. The molecule has 0 bridgehead atoms. The van der Waals surface area contributed by atoms with Crippen molar-refractivity contribution in [1.82, 2.24) is 15.5 Å². The van der Waals surface area contributed by atoms with E-state index in [0.717, 1.165) is 57.2 Å². The molecule has 3 heterocycles. The number of aryl methyl sites for hydroxylation is 1. The molecule has 1 unspecified atom stereocenters. The summed E-state index contributed by atoms with van der Waals surface area (Å²) in [7, 11) is 0. The lowest BCUT2D eigenvalue weighted by molar-refractivity contribution is 0.0830. The SMILES string of the molecule is C1CCC(CCc2nc(C3CCOCC3)no2)NC1. The third-order valence-corrected chi connectivity index (χ3v) is 4.19. The number of aromatic nitrogens is 2. The van der Waals surface area contributed by atoms with Crippen LogP contribution >= 0.6 is 0 Å². The molecule has 106 valence electrons. The van der Waals surface area contributed by atoms with Gasteiger partial charge in [-0.3, -0.25) is 0 Å². The molecule has 0 saturated carbocycles. The molecule has 2 aliphatic rings. The van der Waals surface area contributed by atoms with Crippen molar-refractivity contribution < 1.29 is 9.26 Å². The van der Waals surface area contributed by atoms with Gasteiger partial charge in [-0.2, -0.15) is 4.98 Å². The van der Waals surface area contributed by atoms with Crippen LogP contribution in [0.25, 0.3) is 0 Å². The van der Waals surface area contributed by atoms with Gasteiger partial charge in [0.15, 0.2) is 5.82 Å². The summed E-state index contributed by atoms with van der Waals surface area (Å²) in [6.45, 7) is 2.79. The first-order chi connectivity index (χ1) is 9.42. The van der Waals surface area contributed by atoms with Crippen molar-refractivity contribution in [2.45, 2.75) is 56.9 Å². The summed E-state index contributed by atoms with van der Waals surface area (Å²) in [5, 5.41) is 7.69. The fourth-order valence-corrected chi connectivity index (χ4v) is 2.96. The fourth-order valence-electron chi connectivity index (χ4n) is 2.96. The highest BCUT2D eigenvalue weighted by molar-refractivity contribution is 4.97. The lowest BCUT2D eigenvalue weighted by Gasteiger charge is -2.22. The molecule has 0 radical (unpaired) electrons. The zero-order valence-corrected chi connectivity index (χ0v) is 11.4. The monoisotopic (exact) mass is 265 g/mol. The molecule has 1 N–H and O–H groups in total. The highest BCUT2D eigenvalue weighted by Gasteiger charge is 2.21. The van der Waals surface area contributed by atoms with E-state index in [0.29, 0.717) is 12.0 Å². The van der Waals surface area contributed by atoms with Crippen LogP contribution in [-0.4, -0.2) is 35.9 Å². The number of piperidine rings is 1. The minimum absolute atomic E-state index is 0.430. The van der Waals surface area contributed by atoms with Crippen LogP contribution in [0.2, 0.25) is 0 Å². The maximum atomic E-state index is 5.38. The molecule has 2 saturated heterocycles. The Labute approximate surface area is 114 Å². The average Bonchev–Trinajstić information content (AvgIpc) is 2.96. The van der Waals surface area contributed by atoms with Gasteiger partial charge in [0.05, 0.1) is 0 Å². The quantitative estimate of drug-likeness (QED) is 0.902. The minimum atomic E-state index is 0.430. The van der Waals surface area contributed by atoms with Gasteiger partial charge in [0, 0.05) is 31.6 Å². The van der Waals surface area contributed by atoms with Gasteiger partial charge in [-0.1, -0.05) is 11.6 Å². The van der Waals surface area contributed by atoms with E-state index in [2.05, 4.69) is 15.5 Å². The maximum Gasteiger partial charge on any atom is 0.226 e. The van der Waals surface area contributed by atoms with Gasteiger partial charge in [-0.25, -0.2) is 0 Å². The number of ether oxygens (including phenoxy) is 1. The number of rotatable bonds is 4. The molecule has 1 atom stereocenters. The second-order valence-corrected chi connectivity index (χ2v) is 5.62. The lowest BCUT2D eigenvalue weighted by atomic mass is 9.99. The van der Waals surface area contributed by atoms with E-state index < -0.39 is 0 Å². The maximum absolute atomic E-state index is 5.38. The van der Waals surface area contributed by atoms with E-state index in [-0.39, 0.29) is 0 Å². The number of nitrogens with zero attached hydrogens (tertiary/aromatic N) is 2. The number of nitrogens with one attached hydrogen (secondary N) is 1. The summed E-state index contributed by atoms with van der Waals surface area (Å²) >= 11 is 0. The number of hydrogen-bond acceptors (Lipinski definition) is 5. The topological polar surface area (TPSA) is 60.2 Å². The van der Waals surface area contributed by atoms with Crippen LogP contribution in [0.15, 0.2) is 4.52 Å². The number of hydrogen-bond donors (Lipinski definition) is 1. The first-order valence-corrected chi connectivity index (χ1v) is 7.55. The molecule has 5 heteroatoms. The Morgan fingerprint density at radius 1 is 1.16 bits per heavy atom. The van der Waals surface area contributed by atoms with Gasteiger partial charge in [0.2, 0.25) is 5.89 Å². The summed E-state index contributed by atoms with van der Waals surface area (Å²) < 4.78 is 10.7. The largest absolute Gasteiger partial charge is 0.381 e. The molecule has 5 nitrogen and oxygen atoms in total. The van der Waals surface area contributed by atoms with Crippen LogP contribution < -0.4 is 5.32 Å². The normalized spacial score (nSPS) is 25.6. The smallest absolute Gasteiger partial charge is 0.226 e. The summed E-state index contributed by atoms with van der Waals surface area (Å²) in [6, 6.07) is 0.632. The molecule has 19 heavy (non-hydrogen) atoms. The molecule has 0 amide bonds. The second kappa shape index (κ2) is 6.48. The fraction of sp³-hybridized carbons (Fsp3) is 0.857. The first kappa shape index (κ1) is 13.1. The molecule has 1 aromatic rings. The van der Waals surface area contributed by atoms with Crippen LogP contribution in [0.3, 0.4) is 0 Å². The van der Waals surface area contributed by atoms with Crippen LogP contribution in [0.5, 0.6) is 0 Å². The highest BCUT2D eigenvalue weighted by Crippen LogP contribution is 2.24. The van der Waals surface area contributed by atoms with Crippen LogP contribution in [0.1, 0.15) is 56.2 Å². The lowest BCUT2D eigenvalue weighted by Crippen LogP contribution is -2.34. The first-order valence-electron chi connectivity index (χ1n) is 7.55. The molecular formula is C14H23N3O2. The van der Waals surface area contributed by atoms with E-state index in [9.17, 15) is 0 Å². The third-order valence-electron chi connectivity index (χ3n) is 4.19. The Bertz CT molecular complexity index is 382. The van der Waals surface area contributed by atoms with Crippen LogP contribution in [-0.2, 0) is 11.2 Å². The van der Waals surface area contributed by atoms with Gasteiger partial charge in [0.1, 0.15) is 0 Å². The summed E-state index contributed by atoms with van der Waals surface area (Å²) in [5.74, 6) is 2.11. The van der Waals surface area contributed by atoms with E-state index in [1.54, 1.807) is 0 Å². The van der Waals surface area contributed by atoms with Crippen LogP contribution in [0, 0.1) is 0 Å². The second-order valence-electron chi connectivity index (χ2n) is 5.62. The Morgan fingerprint density at radius 3 is 2.84 bits per heavy atom. The molecule has 0 aromatic carbocycles. The Balaban J connectivity index is 1.49. The van der Waals surface area contributed by atoms with Gasteiger partial charge in [-0.05, 0) is 38.6 Å². The highest BCUT2D eigenvalue weighted by atomic mass is 16.5. The van der Waals surface area contributed by atoms with E-state index in [4.69, 9.17) is 9.26 Å². The predicted octanol–water partition coefficient (Wildman–Crippen LogP) is 2.04. The summed E-state index contributed by atoms with van der Waals surface area (Å²) in [5.41, 5.74) is 0. The molecule has 2 fully saturated rings. The van der Waals surface area contributed by atoms with Crippen molar-refractivity contribution in [2.24, 2.45) is 0 Å². The van der Waals surface area contributed by atoms with Crippen molar-refractivity contribution >= 4 is 0 Å².